The molecule has 1 aromatic rings. The van der Waals surface area contributed by atoms with Crippen LogP contribution in [0, 0.1) is 5.92 Å². The van der Waals surface area contributed by atoms with Gasteiger partial charge in [-0.15, -0.1) is 11.3 Å². The Morgan fingerprint density at radius 1 is 1.47 bits per heavy atom. The number of hydrogen-bond donors (Lipinski definition) is 2. The first-order valence-electron chi connectivity index (χ1n) is 4.74. The van der Waals surface area contributed by atoms with Crippen molar-refractivity contribution in [3.8, 4) is 0 Å². The normalized spacial score (nSPS) is 14.0. The molecule has 0 radical (unpaired) electrons. The van der Waals surface area contributed by atoms with E-state index in [4.69, 9.17) is 0 Å². The first-order valence-corrected chi connectivity index (χ1v) is 7.10. The maximum absolute atomic E-state index is 11.7. The minimum Gasteiger partial charge on any atom is -0.319 e. The van der Waals surface area contributed by atoms with E-state index in [0.29, 0.717) is 10.8 Å². The van der Waals surface area contributed by atoms with E-state index in [1.165, 1.54) is 11.3 Å². The zero-order valence-electron chi connectivity index (χ0n) is 8.86. The van der Waals surface area contributed by atoms with Crippen LogP contribution < -0.4 is 10.0 Å². The van der Waals surface area contributed by atoms with Gasteiger partial charge in [0.05, 0.1) is 0 Å². The molecule has 0 aliphatic carbocycles. The van der Waals surface area contributed by atoms with E-state index in [1.54, 1.807) is 17.5 Å². The summed E-state index contributed by atoms with van der Waals surface area (Å²) in [4.78, 5) is 0. The molecule has 0 bridgehead atoms. The van der Waals surface area contributed by atoms with E-state index >= 15 is 0 Å². The molecule has 0 amide bonds. The molecule has 15 heavy (non-hydrogen) atoms. The Balaban J connectivity index is 2.52. The predicted octanol–water partition coefficient (Wildman–Crippen LogP) is 0.882. The topological polar surface area (TPSA) is 58.2 Å². The highest BCUT2D eigenvalue weighted by Crippen LogP contribution is 2.15. The third kappa shape index (κ3) is 3.90. The van der Waals surface area contributed by atoms with Crippen LogP contribution in [0.2, 0.25) is 0 Å². The summed E-state index contributed by atoms with van der Waals surface area (Å²) in [6, 6.07) is 3.34. The Morgan fingerprint density at radius 3 is 2.73 bits per heavy atom. The van der Waals surface area contributed by atoms with E-state index in [9.17, 15) is 8.42 Å². The molecule has 1 heterocycles. The molecule has 1 aromatic heterocycles. The quantitative estimate of drug-likeness (QED) is 0.786. The van der Waals surface area contributed by atoms with Crippen molar-refractivity contribution >= 4 is 21.4 Å². The molecule has 0 fully saturated rings. The first kappa shape index (κ1) is 12.6. The fraction of sp³-hybridized carbons (Fsp3) is 0.556. The van der Waals surface area contributed by atoms with Gasteiger partial charge in [-0.2, -0.15) is 0 Å². The van der Waals surface area contributed by atoms with Crippen molar-refractivity contribution < 1.29 is 8.42 Å². The Labute approximate surface area is 94.8 Å². The van der Waals surface area contributed by atoms with Gasteiger partial charge >= 0.3 is 0 Å². The number of thiophene rings is 1. The van der Waals surface area contributed by atoms with Crippen molar-refractivity contribution in [2.75, 3.05) is 20.1 Å². The Morgan fingerprint density at radius 2 is 2.20 bits per heavy atom. The van der Waals surface area contributed by atoms with Crippen LogP contribution in [-0.4, -0.2) is 28.6 Å². The summed E-state index contributed by atoms with van der Waals surface area (Å²) in [6.07, 6.45) is 0. The molecule has 6 heteroatoms. The minimum atomic E-state index is -3.29. The molecule has 86 valence electrons. The number of rotatable bonds is 6. The molecule has 0 saturated heterocycles. The van der Waals surface area contributed by atoms with Gasteiger partial charge in [0.15, 0.2) is 0 Å². The van der Waals surface area contributed by atoms with Crippen molar-refractivity contribution in [3.63, 3.8) is 0 Å². The molecule has 0 aliphatic rings. The van der Waals surface area contributed by atoms with Crippen molar-refractivity contribution in [2.24, 2.45) is 5.92 Å². The molecule has 0 aliphatic heterocycles. The van der Waals surface area contributed by atoms with Crippen LogP contribution in [-0.2, 0) is 10.0 Å². The van der Waals surface area contributed by atoms with E-state index in [-0.39, 0.29) is 5.92 Å². The maximum Gasteiger partial charge on any atom is 0.250 e. The lowest BCUT2D eigenvalue weighted by Crippen LogP contribution is -2.31. The second-order valence-corrected chi connectivity index (χ2v) is 6.39. The fourth-order valence-electron chi connectivity index (χ4n) is 1.16. The van der Waals surface area contributed by atoms with E-state index in [2.05, 4.69) is 10.0 Å². The molecule has 4 nitrogen and oxygen atoms in total. The molecule has 0 saturated carbocycles. The molecule has 2 N–H and O–H groups in total. The molecular formula is C9H16N2O2S2. The second-order valence-electron chi connectivity index (χ2n) is 3.45. The van der Waals surface area contributed by atoms with Gasteiger partial charge in [-0.1, -0.05) is 13.0 Å². The average Bonchev–Trinajstić information content (AvgIpc) is 2.69. The average molecular weight is 248 g/mol. The van der Waals surface area contributed by atoms with Crippen molar-refractivity contribution in [1.82, 2.24) is 10.0 Å². The summed E-state index contributed by atoms with van der Waals surface area (Å²) in [7, 11) is -1.44. The molecule has 1 rings (SSSR count). The lowest BCUT2D eigenvalue weighted by atomic mass is 10.2. The van der Waals surface area contributed by atoms with Crippen LogP contribution in [0.25, 0.3) is 0 Å². The number of nitrogens with one attached hydrogen (secondary N) is 2. The Bertz CT molecular complexity index is 373. The minimum absolute atomic E-state index is 0.282. The van der Waals surface area contributed by atoms with Crippen LogP contribution in [0.15, 0.2) is 21.7 Å². The standard InChI is InChI=1S/C9H16N2O2S2/c1-8(6-10-2)7-11-15(12,13)9-4-3-5-14-9/h3-5,8,10-11H,6-7H2,1-2H3. The molecule has 1 atom stereocenters. The third-order valence-corrected chi connectivity index (χ3v) is 4.76. The van der Waals surface area contributed by atoms with Gasteiger partial charge < -0.3 is 5.32 Å². The van der Waals surface area contributed by atoms with Gasteiger partial charge in [0.2, 0.25) is 10.0 Å². The van der Waals surface area contributed by atoms with Crippen LogP contribution in [0.5, 0.6) is 0 Å². The molecule has 1 unspecified atom stereocenters. The van der Waals surface area contributed by atoms with Gasteiger partial charge in [0, 0.05) is 6.54 Å². The second kappa shape index (κ2) is 5.60. The van der Waals surface area contributed by atoms with Crippen LogP contribution in [0.3, 0.4) is 0 Å². The van der Waals surface area contributed by atoms with Gasteiger partial charge in [0.25, 0.3) is 0 Å². The monoisotopic (exact) mass is 248 g/mol. The Kier molecular flexibility index (Phi) is 4.72. The highest BCUT2D eigenvalue weighted by Gasteiger charge is 2.15. The zero-order chi connectivity index (χ0) is 11.3. The van der Waals surface area contributed by atoms with E-state index in [0.717, 1.165) is 6.54 Å². The summed E-state index contributed by atoms with van der Waals surface area (Å²) < 4.78 is 26.3. The largest absolute Gasteiger partial charge is 0.319 e. The molecular weight excluding hydrogens is 232 g/mol. The summed E-state index contributed by atoms with van der Waals surface area (Å²) in [5, 5.41) is 4.76. The predicted molar refractivity (Wildman–Crippen MR) is 62.6 cm³/mol. The van der Waals surface area contributed by atoms with Crippen LogP contribution >= 0.6 is 11.3 Å². The van der Waals surface area contributed by atoms with Gasteiger partial charge in [-0.3, -0.25) is 0 Å². The van der Waals surface area contributed by atoms with E-state index < -0.39 is 10.0 Å². The van der Waals surface area contributed by atoms with E-state index in [1.807, 2.05) is 14.0 Å². The third-order valence-electron chi connectivity index (χ3n) is 1.93. The highest BCUT2D eigenvalue weighted by molar-refractivity contribution is 7.91. The number of sulfonamides is 1. The summed E-state index contributed by atoms with van der Waals surface area (Å²) in [5.74, 6) is 0.282. The Hall–Kier alpha value is -0.430. The summed E-state index contributed by atoms with van der Waals surface area (Å²) in [5.41, 5.74) is 0. The van der Waals surface area contributed by atoms with Gasteiger partial charge in [-0.05, 0) is 31.0 Å². The van der Waals surface area contributed by atoms with Crippen molar-refractivity contribution in [1.29, 1.82) is 0 Å². The van der Waals surface area contributed by atoms with Gasteiger partial charge in [-0.25, -0.2) is 13.1 Å². The fourth-order valence-corrected chi connectivity index (χ4v) is 3.36. The smallest absolute Gasteiger partial charge is 0.250 e. The highest BCUT2D eigenvalue weighted by atomic mass is 32.2. The van der Waals surface area contributed by atoms with Crippen LogP contribution in [0.1, 0.15) is 6.92 Å². The van der Waals surface area contributed by atoms with Crippen molar-refractivity contribution in [3.05, 3.63) is 17.5 Å². The maximum atomic E-state index is 11.7. The lowest BCUT2D eigenvalue weighted by molar-refractivity contribution is 0.519. The molecule has 0 aromatic carbocycles. The molecule has 0 spiro atoms. The van der Waals surface area contributed by atoms with Crippen LogP contribution in [0.4, 0.5) is 0 Å². The first-order chi connectivity index (χ1) is 7.06. The number of hydrogen-bond acceptors (Lipinski definition) is 4. The summed E-state index contributed by atoms with van der Waals surface area (Å²) in [6.45, 7) is 3.25. The van der Waals surface area contributed by atoms with Crippen molar-refractivity contribution in [2.45, 2.75) is 11.1 Å². The SMILES string of the molecule is CNCC(C)CNS(=O)(=O)c1cccs1. The van der Waals surface area contributed by atoms with Gasteiger partial charge in [0.1, 0.15) is 4.21 Å². The zero-order valence-corrected chi connectivity index (χ0v) is 10.5. The summed E-state index contributed by atoms with van der Waals surface area (Å²) >= 11 is 1.23. The lowest BCUT2D eigenvalue weighted by Gasteiger charge is -2.11.